The monoisotopic (exact) mass is 241 g/mol. The lowest BCUT2D eigenvalue weighted by molar-refractivity contribution is 0.359. The van der Waals surface area contributed by atoms with Crippen molar-refractivity contribution in [2.24, 2.45) is 0 Å². The zero-order valence-corrected chi connectivity index (χ0v) is 8.67. The van der Waals surface area contributed by atoms with Crippen molar-refractivity contribution >= 4 is 15.9 Å². The molecule has 0 bridgehead atoms. The van der Waals surface area contributed by atoms with Gasteiger partial charge in [0.2, 0.25) is 0 Å². The van der Waals surface area contributed by atoms with Crippen LogP contribution in [0.15, 0.2) is 22.7 Å². The summed E-state index contributed by atoms with van der Waals surface area (Å²) < 4.78 is 11.0. The van der Waals surface area contributed by atoms with Gasteiger partial charge in [0.25, 0.3) is 0 Å². The van der Waals surface area contributed by atoms with Gasteiger partial charge in [0.15, 0.2) is 6.61 Å². The van der Waals surface area contributed by atoms with Crippen LogP contribution in [0.1, 0.15) is 0 Å². The predicted molar refractivity (Wildman–Crippen MR) is 51.8 cm³/mol. The van der Waals surface area contributed by atoms with Crippen molar-refractivity contribution in [1.82, 2.24) is 0 Å². The van der Waals surface area contributed by atoms with E-state index >= 15 is 0 Å². The average molecular weight is 242 g/mol. The van der Waals surface area contributed by atoms with E-state index in [0.29, 0.717) is 11.5 Å². The van der Waals surface area contributed by atoms with Crippen molar-refractivity contribution < 1.29 is 9.47 Å². The summed E-state index contributed by atoms with van der Waals surface area (Å²) >= 11 is 3.30. The minimum absolute atomic E-state index is 0.0335. The quantitative estimate of drug-likeness (QED) is 0.816. The maximum atomic E-state index is 8.32. The van der Waals surface area contributed by atoms with Crippen molar-refractivity contribution in [1.29, 1.82) is 5.26 Å². The smallest absolute Gasteiger partial charge is 0.174 e. The van der Waals surface area contributed by atoms with E-state index in [1.54, 1.807) is 13.2 Å². The van der Waals surface area contributed by atoms with Gasteiger partial charge in [-0.15, -0.1) is 0 Å². The van der Waals surface area contributed by atoms with Crippen LogP contribution in [-0.4, -0.2) is 13.7 Å². The third-order valence-corrected chi connectivity index (χ3v) is 2.09. The topological polar surface area (TPSA) is 42.2 Å². The van der Waals surface area contributed by atoms with Crippen LogP contribution in [0.5, 0.6) is 11.5 Å². The van der Waals surface area contributed by atoms with Crippen molar-refractivity contribution in [3.63, 3.8) is 0 Å². The Hall–Kier alpha value is -1.21. The summed E-state index contributed by atoms with van der Waals surface area (Å²) in [7, 11) is 1.58. The molecule has 0 fully saturated rings. The Morgan fingerprint density at radius 1 is 1.54 bits per heavy atom. The summed E-state index contributed by atoms with van der Waals surface area (Å²) in [6.07, 6.45) is 0. The lowest BCUT2D eigenvalue weighted by atomic mass is 10.3. The van der Waals surface area contributed by atoms with Crippen LogP contribution in [0, 0.1) is 11.3 Å². The van der Waals surface area contributed by atoms with Gasteiger partial charge in [-0.1, -0.05) is 0 Å². The standard InChI is InChI=1S/C9H8BrNO2/c1-12-7-2-3-8(10)9(6-7)13-5-4-11/h2-3,6H,5H2,1H3. The number of rotatable bonds is 3. The van der Waals surface area contributed by atoms with Gasteiger partial charge in [-0.3, -0.25) is 0 Å². The van der Waals surface area contributed by atoms with Gasteiger partial charge in [-0.05, 0) is 28.1 Å². The Kier molecular flexibility index (Phi) is 3.59. The summed E-state index contributed by atoms with van der Waals surface area (Å²) in [6, 6.07) is 7.24. The van der Waals surface area contributed by atoms with E-state index in [4.69, 9.17) is 14.7 Å². The first-order valence-electron chi connectivity index (χ1n) is 3.61. The summed E-state index contributed by atoms with van der Waals surface area (Å²) in [6.45, 7) is 0.0335. The molecule has 13 heavy (non-hydrogen) atoms. The van der Waals surface area contributed by atoms with Crippen molar-refractivity contribution in [3.8, 4) is 17.6 Å². The first kappa shape index (κ1) is 9.87. The van der Waals surface area contributed by atoms with E-state index < -0.39 is 0 Å². The van der Waals surface area contributed by atoms with Crippen LogP contribution in [-0.2, 0) is 0 Å². The average Bonchev–Trinajstić information content (AvgIpc) is 2.17. The molecule has 0 aliphatic rings. The minimum Gasteiger partial charge on any atom is -0.497 e. The summed E-state index contributed by atoms with van der Waals surface area (Å²) in [4.78, 5) is 0. The normalized spacial score (nSPS) is 9.00. The molecular weight excluding hydrogens is 234 g/mol. The maximum Gasteiger partial charge on any atom is 0.174 e. The summed E-state index contributed by atoms with van der Waals surface area (Å²) in [5, 5.41) is 8.32. The molecule has 0 aromatic heterocycles. The van der Waals surface area contributed by atoms with Gasteiger partial charge in [-0.2, -0.15) is 5.26 Å². The molecule has 68 valence electrons. The van der Waals surface area contributed by atoms with E-state index in [1.807, 2.05) is 18.2 Å². The number of benzene rings is 1. The first-order valence-corrected chi connectivity index (χ1v) is 4.40. The number of ether oxygens (including phenoxy) is 2. The Balaban J connectivity index is 2.85. The number of methoxy groups -OCH3 is 1. The summed E-state index contributed by atoms with van der Waals surface area (Å²) in [5.74, 6) is 1.32. The molecule has 1 rings (SSSR count). The zero-order chi connectivity index (χ0) is 9.68. The van der Waals surface area contributed by atoms with Crippen LogP contribution >= 0.6 is 15.9 Å². The van der Waals surface area contributed by atoms with Gasteiger partial charge >= 0.3 is 0 Å². The third kappa shape index (κ3) is 2.63. The highest BCUT2D eigenvalue weighted by atomic mass is 79.9. The van der Waals surface area contributed by atoms with Crippen molar-refractivity contribution in [2.45, 2.75) is 0 Å². The lowest BCUT2D eigenvalue weighted by Gasteiger charge is -2.06. The van der Waals surface area contributed by atoms with Crippen LogP contribution in [0.25, 0.3) is 0 Å². The lowest BCUT2D eigenvalue weighted by Crippen LogP contribution is -1.94. The fourth-order valence-electron chi connectivity index (χ4n) is 0.831. The highest BCUT2D eigenvalue weighted by molar-refractivity contribution is 9.10. The van der Waals surface area contributed by atoms with E-state index in [9.17, 15) is 0 Å². The number of halogens is 1. The van der Waals surface area contributed by atoms with Crippen LogP contribution in [0.4, 0.5) is 0 Å². The van der Waals surface area contributed by atoms with E-state index in [2.05, 4.69) is 15.9 Å². The SMILES string of the molecule is COc1ccc(Br)c(OCC#N)c1. The van der Waals surface area contributed by atoms with Gasteiger partial charge in [0, 0.05) is 6.07 Å². The summed E-state index contributed by atoms with van der Waals surface area (Å²) in [5.41, 5.74) is 0. The van der Waals surface area contributed by atoms with Crippen molar-refractivity contribution in [2.75, 3.05) is 13.7 Å². The second kappa shape index (κ2) is 4.73. The predicted octanol–water partition coefficient (Wildman–Crippen LogP) is 2.36. The minimum atomic E-state index is 0.0335. The highest BCUT2D eigenvalue weighted by Crippen LogP contribution is 2.28. The molecule has 0 radical (unpaired) electrons. The number of hydrogen-bond acceptors (Lipinski definition) is 3. The molecule has 0 saturated heterocycles. The molecule has 0 atom stereocenters. The fourth-order valence-corrected chi connectivity index (χ4v) is 1.19. The largest absolute Gasteiger partial charge is 0.497 e. The van der Waals surface area contributed by atoms with Crippen LogP contribution in [0.3, 0.4) is 0 Å². The molecule has 0 saturated carbocycles. The highest BCUT2D eigenvalue weighted by Gasteiger charge is 2.02. The Bertz CT molecular complexity index is 333. The van der Waals surface area contributed by atoms with Crippen molar-refractivity contribution in [3.05, 3.63) is 22.7 Å². The number of nitriles is 1. The first-order chi connectivity index (χ1) is 6.27. The van der Waals surface area contributed by atoms with Gasteiger partial charge in [-0.25, -0.2) is 0 Å². The zero-order valence-electron chi connectivity index (χ0n) is 7.08. The molecule has 0 amide bonds. The molecule has 0 heterocycles. The second-order valence-corrected chi connectivity index (χ2v) is 3.10. The Morgan fingerprint density at radius 2 is 2.31 bits per heavy atom. The van der Waals surface area contributed by atoms with E-state index in [-0.39, 0.29) is 6.61 Å². The molecule has 0 N–H and O–H groups in total. The molecule has 0 unspecified atom stereocenters. The molecule has 0 aliphatic carbocycles. The second-order valence-electron chi connectivity index (χ2n) is 2.24. The molecule has 0 aliphatic heterocycles. The Labute approximate surface area is 85.0 Å². The molecular formula is C9H8BrNO2. The van der Waals surface area contributed by atoms with Gasteiger partial charge in [0.1, 0.15) is 17.6 Å². The molecule has 3 nitrogen and oxygen atoms in total. The molecule has 1 aromatic carbocycles. The van der Waals surface area contributed by atoms with Crippen LogP contribution < -0.4 is 9.47 Å². The van der Waals surface area contributed by atoms with E-state index in [1.165, 1.54) is 0 Å². The van der Waals surface area contributed by atoms with Gasteiger partial charge < -0.3 is 9.47 Å². The molecule has 4 heteroatoms. The molecule has 1 aromatic rings. The fraction of sp³-hybridized carbons (Fsp3) is 0.222. The van der Waals surface area contributed by atoms with Crippen LogP contribution in [0.2, 0.25) is 0 Å². The number of hydrogen-bond donors (Lipinski definition) is 0. The maximum absolute atomic E-state index is 8.32. The van der Waals surface area contributed by atoms with Gasteiger partial charge in [0.05, 0.1) is 11.6 Å². The Morgan fingerprint density at radius 3 is 2.92 bits per heavy atom. The van der Waals surface area contributed by atoms with E-state index in [0.717, 1.165) is 4.47 Å². The number of nitrogens with zero attached hydrogens (tertiary/aromatic N) is 1. The molecule has 0 spiro atoms. The third-order valence-electron chi connectivity index (χ3n) is 1.43.